The van der Waals surface area contributed by atoms with Gasteiger partial charge in [0, 0.05) is 30.8 Å². The second-order valence-electron chi connectivity index (χ2n) is 5.69. The average molecular weight is 290 g/mol. The Morgan fingerprint density at radius 3 is 2.53 bits per heavy atom. The molecule has 1 aliphatic rings. The predicted molar refractivity (Wildman–Crippen MR) is 76.5 cm³/mol. The molecule has 0 aromatic heterocycles. The molecule has 1 fully saturated rings. The molecule has 1 amide bonds. The Balaban J connectivity index is 2.70. The Kier molecular flexibility index (Phi) is 5.80. The van der Waals surface area contributed by atoms with Crippen LogP contribution in [0.25, 0.3) is 0 Å². The van der Waals surface area contributed by atoms with Gasteiger partial charge in [-0.1, -0.05) is 6.42 Å². The molecule has 3 unspecified atom stereocenters. The van der Waals surface area contributed by atoms with Crippen molar-refractivity contribution in [1.82, 2.24) is 4.90 Å². The zero-order valence-electron chi connectivity index (χ0n) is 12.1. The van der Waals surface area contributed by atoms with Gasteiger partial charge in [-0.25, -0.2) is 8.42 Å². The lowest BCUT2D eigenvalue weighted by Gasteiger charge is -2.34. The first-order valence-corrected chi connectivity index (χ1v) is 9.04. The van der Waals surface area contributed by atoms with Gasteiger partial charge in [-0.2, -0.15) is 0 Å². The van der Waals surface area contributed by atoms with Gasteiger partial charge in [0.2, 0.25) is 5.91 Å². The van der Waals surface area contributed by atoms with Crippen molar-refractivity contribution in [1.29, 1.82) is 0 Å². The van der Waals surface area contributed by atoms with E-state index >= 15 is 0 Å². The molecular weight excluding hydrogens is 264 g/mol. The maximum atomic E-state index is 12.5. The molecule has 5 nitrogen and oxygen atoms in total. The summed E-state index contributed by atoms with van der Waals surface area (Å²) in [5, 5.41) is 0. The molecule has 1 saturated carbocycles. The van der Waals surface area contributed by atoms with Gasteiger partial charge in [0.15, 0.2) is 0 Å². The Bertz CT molecular complexity index is 408. The zero-order chi connectivity index (χ0) is 14.6. The molecule has 2 N–H and O–H groups in total. The van der Waals surface area contributed by atoms with E-state index in [2.05, 4.69) is 0 Å². The average Bonchev–Trinajstić information content (AvgIpc) is 2.27. The van der Waals surface area contributed by atoms with E-state index < -0.39 is 9.84 Å². The number of sulfone groups is 1. The van der Waals surface area contributed by atoms with Crippen molar-refractivity contribution in [2.45, 2.75) is 51.6 Å². The molecule has 3 atom stereocenters. The summed E-state index contributed by atoms with van der Waals surface area (Å²) in [6, 6.07) is -0.169. The van der Waals surface area contributed by atoms with Crippen LogP contribution in [0.5, 0.6) is 0 Å². The molecule has 19 heavy (non-hydrogen) atoms. The molecule has 0 aromatic rings. The van der Waals surface area contributed by atoms with Gasteiger partial charge in [0.05, 0.1) is 5.75 Å². The van der Waals surface area contributed by atoms with E-state index in [1.165, 1.54) is 6.26 Å². The first kappa shape index (κ1) is 16.4. The van der Waals surface area contributed by atoms with Crippen LogP contribution >= 0.6 is 0 Å². The fraction of sp³-hybridized carbons (Fsp3) is 0.923. The Morgan fingerprint density at radius 2 is 2.05 bits per heavy atom. The molecule has 0 radical (unpaired) electrons. The van der Waals surface area contributed by atoms with Crippen LogP contribution in [-0.2, 0) is 14.6 Å². The highest BCUT2D eigenvalue weighted by Gasteiger charge is 2.31. The number of carbonyl (C=O) groups excluding carboxylic acids is 1. The predicted octanol–water partition coefficient (Wildman–Crippen LogP) is 0.786. The number of carbonyl (C=O) groups is 1. The van der Waals surface area contributed by atoms with E-state index in [0.29, 0.717) is 6.54 Å². The van der Waals surface area contributed by atoms with Gasteiger partial charge >= 0.3 is 0 Å². The van der Waals surface area contributed by atoms with Crippen LogP contribution in [0.4, 0.5) is 0 Å². The molecule has 6 heteroatoms. The highest BCUT2D eigenvalue weighted by molar-refractivity contribution is 7.90. The normalized spacial score (nSPS) is 25.9. The topological polar surface area (TPSA) is 80.5 Å². The van der Waals surface area contributed by atoms with Crippen molar-refractivity contribution in [3.63, 3.8) is 0 Å². The SMILES string of the molecule is CCN(C(=O)C1CCCC(N)C1)C(C)CS(C)(=O)=O. The highest BCUT2D eigenvalue weighted by atomic mass is 32.2. The molecule has 0 aliphatic heterocycles. The molecule has 1 aliphatic carbocycles. The van der Waals surface area contributed by atoms with Crippen LogP contribution in [0, 0.1) is 5.92 Å². The summed E-state index contributed by atoms with van der Waals surface area (Å²) in [5.74, 6) is 0.0465. The molecular formula is C13H26N2O3S. The van der Waals surface area contributed by atoms with Crippen molar-refractivity contribution >= 4 is 15.7 Å². The fourth-order valence-electron chi connectivity index (χ4n) is 2.90. The second kappa shape index (κ2) is 6.70. The highest BCUT2D eigenvalue weighted by Crippen LogP contribution is 2.25. The molecule has 0 saturated heterocycles. The first-order valence-electron chi connectivity index (χ1n) is 6.98. The van der Waals surface area contributed by atoms with Gasteiger partial charge in [-0.15, -0.1) is 0 Å². The summed E-state index contributed by atoms with van der Waals surface area (Å²) in [5.41, 5.74) is 5.92. The number of nitrogens with zero attached hydrogens (tertiary/aromatic N) is 1. The maximum Gasteiger partial charge on any atom is 0.225 e. The largest absolute Gasteiger partial charge is 0.339 e. The summed E-state index contributed by atoms with van der Waals surface area (Å²) in [6.45, 7) is 4.23. The second-order valence-corrected chi connectivity index (χ2v) is 7.87. The Hall–Kier alpha value is -0.620. The summed E-state index contributed by atoms with van der Waals surface area (Å²) in [4.78, 5) is 14.2. The molecule has 0 heterocycles. The van der Waals surface area contributed by atoms with Gasteiger partial charge in [0.25, 0.3) is 0 Å². The molecule has 0 bridgehead atoms. The number of hydrogen-bond acceptors (Lipinski definition) is 4. The van der Waals surface area contributed by atoms with Crippen LogP contribution in [0.15, 0.2) is 0 Å². The van der Waals surface area contributed by atoms with Crippen molar-refractivity contribution < 1.29 is 13.2 Å². The summed E-state index contributed by atoms with van der Waals surface area (Å²) < 4.78 is 22.7. The molecule has 112 valence electrons. The number of hydrogen-bond donors (Lipinski definition) is 1. The smallest absolute Gasteiger partial charge is 0.225 e. The Morgan fingerprint density at radius 1 is 1.42 bits per heavy atom. The van der Waals surface area contributed by atoms with Crippen LogP contribution in [-0.4, -0.2) is 49.9 Å². The monoisotopic (exact) mass is 290 g/mol. The van der Waals surface area contributed by atoms with Crippen molar-refractivity contribution in [2.24, 2.45) is 11.7 Å². The van der Waals surface area contributed by atoms with Crippen LogP contribution < -0.4 is 5.73 Å². The van der Waals surface area contributed by atoms with Gasteiger partial charge in [0.1, 0.15) is 9.84 Å². The minimum Gasteiger partial charge on any atom is -0.339 e. The van der Waals surface area contributed by atoms with Crippen molar-refractivity contribution in [2.75, 3.05) is 18.6 Å². The van der Waals surface area contributed by atoms with Gasteiger partial charge < -0.3 is 10.6 Å². The maximum absolute atomic E-state index is 12.5. The van der Waals surface area contributed by atoms with Crippen molar-refractivity contribution in [3.8, 4) is 0 Å². The first-order chi connectivity index (χ1) is 8.74. The lowest BCUT2D eigenvalue weighted by molar-refractivity contribution is -0.138. The lowest BCUT2D eigenvalue weighted by Crippen LogP contribution is -2.46. The minimum atomic E-state index is -3.07. The number of rotatable bonds is 5. The summed E-state index contributed by atoms with van der Waals surface area (Å²) in [7, 11) is -3.07. The third kappa shape index (κ3) is 5.10. The third-order valence-corrected chi connectivity index (χ3v) is 4.85. The molecule has 0 spiro atoms. The number of amides is 1. The molecule has 0 aromatic carbocycles. The van der Waals surface area contributed by atoms with E-state index in [9.17, 15) is 13.2 Å². The Labute approximate surface area is 116 Å². The van der Waals surface area contributed by atoms with Crippen molar-refractivity contribution in [3.05, 3.63) is 0 Å². The van der Waals surface area contributed by atoms with E-state index in [1.54, 1.807) is 11.8 Å². The fourth-order valence-corrected chi connectivity index (χ4v) is 3.96. The van der Waals surface area contributed by atoms with E-state index in [4.69, 9.17) is 5.73 Å². The van der Waals surface area contributed by atoms with Gasteiger partial charge in [-0.3, -0.25) is 4.79 Å². The molecule has 1 rings (SSSR count). The standard InChI is InChI=1S/C13H26N2O3S/c1-4-15(10(2)9-19(3,17)18)13(16)11-6-5-7-12(14)8-11/h10-12H,4-9,14H2,1-3H3. The lowest BCUT2D eigenvalue weighted by atomic mass is 9.85. The summed E-state index contributed by atoms with van der Waals surface area (Å²) >= 11 is 0. The van der Waals surface area contributed by atoms with Crippen LogP contribution in [0.3, 0.4) is 0 Å². The van der Waals surface area contributed by atoms with E-state index in [0.717, 1.165) is 25.7 Å². The van der Waals surface area contributed by atoms with E-state index in [-0.39, 0.29) is 29.7 Å². The van der Waals surface area contributed by atoms with Crippen LogP contribution in [0.1, 0.15) is 39.5 Å². The summed E-state index contributed by atoms with van der Waals surface area (Å²) in [6.07, 6.45) is 4.76. The van der Waals surface area contributed by atoms with E-state index in [1.807, 2.05) is 6.92 Å². The van der Waals surface area contributed by atoms with Crippen LogP contribution in [0.2, 0.25) is 0 Å². The third-order valence-electron chi connectivity index (χ3n) is 3.76. The minimum absolute atomic E-state index is 0.0192. The van der Waals surface area contributed by atoms with Gasteiger partial charge in [-0.05, 0) is 33.1 Å². The zero-order valence-corrected chi connectivity index (χ0v) is 12.9. The quantitative estimate of drug-likeness (QED) is 0.811. The number of nitrogens with two attached hydrogens (primary N) is 1.